The Morgan fingerprint density at radius 2 is 2.36 bits per heavy atom. The maximum Gasteiger partial charge on any atom is 0.268 e. The third-order valence-corrected chi connectivity index (χ3v) is 4.83. The number of hydrogen-bond donors (Lipinski definition) is 1. The van der Waals surface area contributed by atoms with Crippen LogP contribution >= 0.6 is 11.3 Å². The van der Waals surface area contributed by atoms with Gasteiger partial charge in [-0.2, -0.15) is 5.10 Å². The number of hydrogen-bond acceptors (Lipinski definition) is 5. The fourth-order valence-electron chi connectivity index (χ4n) is 2.88. The van der Waals surface area contributed by atoms with Gasteiger partial charge in [-0.15, -0.1) is 11.3 Å². The molecule has 1 fully saturated rings. The van der Waals surface area contributed by atoms with Crippen LogP contribution in [0.2, 0.25) is 0 Å². The zero-order chi connectivity index (χ0) is 15.7. The minimum absolute atomic E-state index is 0.0137. The molecule has 0 spiro atoms. The molecule has 118 valence electrons. The molecule has 0 unspecified atom stereocenters. The second-order valence-electron chi connectivity index (χ2n) is 5.26. The van der Waals surface area contributed by atoms with Crippen LogP contribution in [0.15, 0.2) is 11.4 Å². The monoisotopic (exact) mass is 321 g/mol. The Morgan fingerprint density at radius 1 is 1.55 bits per heavy atom. The summed E-state index contributed by atoms with van der Waals surface area (Å²) < 4.78 is 10.9. The minimum atomic E-state index is -0.119. The van der Waals surface area contributed by atoms with Gasteiger partial charge in [-0.25, -0.2) is 0 Å². The van der Waals surface area contributed by atoms with E-state index >= 15 is 0 Å². The summed E-state index contributed by atoms with van der Waals surface area (Å²) in [5.74, 6) is 0.612. The van der Waals surface area contributed by atoms with Gasteiger partial charge in [-0.05, 0) is 25.3 Å². The zero-order valence-electron chi connectivity index (χ0n) is 12.9. The molecule has 0 saturated carbocycles. The molecule has 0 radical (unpaired) electrons. The molecule has 6 nitrogen and oxygen atoms in total. The third kappa shape index (κ3) is 2.50. The maximum atomic E-state index is 12.9. The predicted octanol–water partition coefficient (Wildman–Crippen LogP) is 2.31. The van der Waals surface area contributed by atoms with Gasteiger partial charge in [0, 0.05) is 17.8 Å². The van der Waals surface area contributed by atoms with E-state index < -0.39 is 0 Å². The first kappa shape index (κ1) is 15.1. The molecule has 3 rings (SSSR count). The lowest BCUT2D eigenvalue weighted by molar-refractivity contribution is -0.00288. The van der Waals surface area contributed by atoms with E-state index in [0.29, 0.717) is 30.4 Å². The standard InChI is InChI=1S/C15H19N3O3S/c1-9-13(10(2)17-16-9)11-8-21-6-5-18(11)15(19)14-12(20-3)4-7-22-14/h4,7,11H,5-6,8H2,1-3H3,(H,16,17)/t11-/m0/s1. The molecule has 3 heterocycles. The van der Waals surface area contributed by atoms with Crippen molar-refractivity contribution in [3.8, 4) is 5.75 Å². The number of amides is 1. The Balaban J connectivity index is 1.95. The fraction of sp³-hybridized carbons (Fsp3) is 0.467. The molecule has 2 aromatic rings. The van der Waals surface area contributed by atoms with Crippen molar-refractivity contribution in [2.24, 2.45) is 0 Å². The van der Waals surface area contributed by atoms with Crippen LogP contribution in [0, 0.1) is 13.8 Å². The first-order chi connectivity index (χ1) is 10.6. The number of thiophene rings is 1. The first-order valence-electron chi connectivity index (χ1n) is 7.15. The minimum Gasteiger partial charge on any atom is -0.495 e. The number of aryl methyl sites for hydroxylation is 2. The van der Waals surface area contributed by atoms with E-state index in [-0.39, 0.29) is 11.9 Å². The van der Waals surface area contributed by atoms with E-state index in [4.69, 9.17) is 9.47 Å². The molecule has 1 N–H and O–H groups in total. The SMILES string of the molecule is COc1ccsc1C(=O)N1CCOC[C@H]1c1c(C)n[nH]c1C. The molecule has 1 amide bonds. The van der Waals surface area contributed by atoms with E-state index in [9.17, 15) is 4.79 Å². The van der Waals surface area contributed by atoms with Crippen molar-refractivity contribution in [1.82, 2.24) is 15.1 Å². The van der Waals surface area contributed by atoms with Crippen molar-refractivity contribution in [2.45, 2.75) is 19.9 Å². The number of morpholine rings is 1. The topological polar surface area (TPSA) is 67.4 Å². The summed E-state index contributed by atoms with van der Waals surface area (Å²) in [4.78, 5) is 15.4. The predicted molar refractivity (Wildman–Crippen MR) is 83.5 cm³/mol. The van der Waals surface area contributed by atoms with Crippen LogP contribution in [0.25, 0.3) is 0 Å². The smallest absolute Gasteiger partial charge is 0.268 e. The van der Waals surface area contributed by atoms with Gasteiger partial charge in [-0.1, -0.05) is 0 Å². The van der Waals surface area contributed by atoms with Crippen molar-refractivity contribution < 1.29 is 14.3 Å². The number of ether oxygens (including phenoxy) is 2. The fourth-order valence-corrected chi connectivity index (χ4v) is 3.69. The highest BCUT2D eigenvalue weighted by atomic mass is 32.1. The van der Waals surface area contributed by atoms with Gasteiger partial charge in [-0.3, -0.25) is 9.89 Å². The maximum absolute atomic E-state index is 12.9. The lowest BCUT2D eigenvalue weighted by atomic mass is 10.0. The molecular weight excluding hydrogens is 302 g/mol. The normalized spacial score (nSPS) is 18.5. The largest absolute Gasteiger partial charge is 0.495 e. The number of carbonyl (C=O) groups is 1. The number of nitrogens with one attached hydrogen (secondary N) is 1. The number of methoxy groups -OCH3 is 1. The molecule has 1 atom stereocenters. The van der Waals surface area contributed by atoms with Crippen LogP contribution in [0.1, 0.15) is 32.7 Å². The molecular formula is C15H19N3O3S. The first-order valence-corrected chi connectivity index (χ1v) is 8.03. The molecule has 7 heteroatoms. The molecule has 0 aromatic carbocycles. The number of rotatable bonds is 3. The summed E-state index contributed by atoms with van der Waals surface area (Å²) in [5, 5.41) is 9.10. The molecule has 1 aliphatic rings. The summed E-state index contributed by atoms with van der Waals surface area (Å²) in [6, 6.07) is 1.70. The zero-order valence-corrected chi connectivity index (χ0v) is 13.7. The molecule has 1 aliphatic heterocycles. The average molecular weight is 321 g/mol. The quantitative estimate of drug-likeness (QED) is 0.942. The van der Waals surface area contributed by atoms with E-state index in [1.165, 1.54) is 11.3 Å². The van der Waals surface area contributed by atoms with Crippen molar-refractivity contribution >= 4 is 17.2 Å². The van der Waals surface area contributed by atoms with Gasteiger partial charge in [0.1, 0.15) is 10.6 Å². The van der Waals surface area contributed by atoms with Crippen molar-refractivity contribution in [3.05, 3.63) is 33.3 Å². The number of aromatic nitrogens is 2. The Labute approximate surface area is 133 Å². The van der Waals surface area contributed by atoms with Crippen molar-refractivity contribution in [1.29, 1.82) is 0 Å². The molecule has 2 aromatic heterocycles. The highest BCUT2D eigenvalue weighted by molar-refractivity contribution is 7.12. The van der Waals surface area contributed by atoms with Crippen LogP contribution in [0.3, 0.4) is 0 Å². The van der Waals surface area contributed by atoms with Crippen LogP contribution in [-0.2, 0) is 4.74 Å². The Bertz CT molecular complexity index is 660. The highest BCUT2D eigenvalue weighted by Crippen LogP contribution is 2.33. The summed E-state index contributed by atoms with van der Waals surface area (Å²) in [6.45, 7) is 5.52. The summed E-state index contributed by atoms with van der Waals surface area (Å²) in [5.41, 5.74) is 2.93. The van der Waals surface area contributed by atoms with Crippen molar-refractivity contribution in [3.63, 3.8) is 0 Å². The third-order valence-electron chi connectivity index (χ3n) is 3.95. The second kappa shape index (κ2) is 6.10. The number of carbonyl (C=O) groups excluding carboxylic acids is 1. The van der Waals surface area contributed by atoms with Gasteiger partial charge >= 0.3 is 0 Å². The van der Waals surface area contributed by atoms with Gasteiger partial charge in [0.25, 0.3) is 5.91 Å². The number of aromatic amines is 1. The highest BCUT2D eigenvalue weighted by Gasteiger charge is 2.33. The van der Waals surface area contributed by atoms with E-state index in [1.54, 1.807) is 7.11 Å². The molecule has 1 saturated heterocycles. The molecule has 0 aliphatic carbocycles. The Morgan fingerprint density at radius 3 is 3.05 bits per heavy atom. The summed E-state index contributed by atoms with van der Waals surface area (Å²) in [7, 11) is 1.58. The van der Waals surface area contributed by atoms with Crippen LogP contribution < -0.4 is 4.74 Å². The van der Waals surface area contributed by atoms with Crippen molar-refractivity contribution in [2.75, 3.05) is 26.9 Å². The number of H-pyrrole nitrogens is 1. The Hall–Kier alpha value is -1.86. The van der Waals surface area contributed by atoms with Crippen LogP contribution in [0.5, 0.6) is 5.75 Å². The average Bonchev–Trinajstić information content (AvgIpc) is 3.13. The lowest BCUT2D eigenvalue weighted by Gasteiger charge is -2.35. The van der Waals surface area contributed by atoms with Crippen LogP contribution in [0.4, 0.5) is 0 Å². The second-order valence-corrected chi connectivity index (χ2v) is 6.17. The molecule has 22 heavy (non-hydrogen) atoms. The summed E-state index contributed by atoms with van der Waals surface area (Å²) in [6.07, 6.45) is 0. The van der Waals surface area contributed by atoms with E-state index in [0.717, 1.165) is 17.0 Å². The Kier molecular flexibility index (Phi) is 4.17. The summed E-state index contributed by atoms with van der Waals surface area (Å²) >= 11 is 1.40. The van der Waals surface area contributed by atoms with Gasteiger partial charge in [0.05, 0.1) is 32.1 Å². The van der Waals surface area contributed by atoms with Crippen LogP contribution in [-0.4, -0.2) is 47.9 Å². The van der Waals surface area contributed by atoms with E-state index in [2.05, 4.69) is 10.2 Å². The van der Waals surface area contributed by atoms with Gasteiger partial charge in [0.15, 0.2) is 0 Å². The number of nitrogens with zero attached hydrogens (tertiary/aromatic N) is 2. The lowest BCUT2D eigenvalue weighted by Crippen LogP contribution is -2.43. The van der Waals surface area contributed by atoms with E-state index in [1.807, 2.05) is 30.2 Å². The molecule has 0 bridgehead atoms. The van der Waals surface area contributed by atoms with Gasteiger partial charge in [0.2, 0.25) is 0 Å². The van der Waals surface area contributed by atoms with Gasteiger partial charge < -0.3 is 14.4 Å².